The van der Waals surface area contributed by atoms with Crippen molar-refractivity contribution < 1.29 is 4.39 Å². The van der Waals surface area contributed by atoms with E-state index in [1.165, 1.54) is 6.07 Å². The Hall–Kier alpha value is -0.600. The summed E-state index contributed by atoms with van der Waals surface area (Å²) in [6.45, 7) is 2.16. The van der Waals surface area contributed by atoms with E-state index in [2.05, 4.69) is 12.2 Å². The van der Waals surface area contributed by atoms with Crippen molar-refractivity contribution in [1.29, 1.82) is 0 Å². The molecule has 1 aromatic rings. The predicted molar refractivity (Wildman–Crippen MR) is 67.5 cm³/mol. The van der Waals surface area contributed by atoms with E-state index < -0.39 is 0 Å². The van der Waals surface area contributed by atoms with Crippen LogP contribution in [0.1, 0.15) is 31.7 Å². The molecule has 0 aromatic heterocycles. The minimum absolute atomic E-state index is 0.278. The van der Waals surface area contributed by atoms with Crippen molar-refractivity contribution in [2.24, 2.45) is 0 Å². The van der Waals surface area contributed by atoms with Gasteiger partial charge in [0.2, 0.25) is 0 Å². The van der Waals surface area contributed by atoms with Crippen LogP contribution in [0.4, 0.5) is 4.39 Å². The van der Waals surface area contributed by atoms with Crippen LogP contribution in [-0.4, -0.2) is 13.1 Å². The molecule has 1 unspecified atom stereocenters. The highest BCUT2D eigenvalue weighted by molar-refractivity contribution is 6.31. The van der Waals surface area contributed by atoms with Crippen LogP contribution in [0.5, 0.6) is 0 Å². The molecule has 0 saturated heterocycles. The molecule has 0 aliphatic rings. The molecule has 0 spiro atoms. The molecule has 0 radical (unpaired) electrons. The Balaban J connectivity index is 2.46. The predicted octanol–water partition coefficient (Wildman–Crippen LogP) is 3.80. The Bertz CT molecular complexity index is 324. The number of nitrogens with one attached hydrogen (secondary N) is 1. The second kappa shape index (κ2) is 6.87. The third kappa shape index (κ3) is 3.76. The van der Waals surface area contributed by atoms with Crippen LogP contribution < -0.4 is 5.32 Å². The van der Waals surface area contributed by atoms with Crippen molar-refractivity contribution in [2.75, 3.05) is 7.05 Å². The fourth-order valence-electron chi connectivity index (χ4n) is 1.83. The van der Waals surface area contributed by atoms with Gasteiger partial charge >= 0.3 is 0 Å². The van der Waals surface area contributed by atoms with E-state index in [-0.39, 0.29) is 10.8 Å². The Labute approximate surface area is 102 Å². The first-order valence-electron chi connectivity index (χ1n) is 5.79. The summed E-state index contributed by atoms with van der Waals surface area (Å²) in [7, 11) is 1.98. The van der Waals surface area contributed by atoms with Gasteiger partial charge in [-0.1, -0.05) is 30.7 Å². The maximum Gasteiger partial charge on any atom is 0.142 e. The number of benzene rings is 1. The molecule has 1 nitrogen and oxygen atoms in total. The number of hydrogen-bond acceptors (Lipinski definition) is 1. The van der Waals surface area contributed by atoms with Crippen LogP contribution in [0.3, 0.4) is 0 Å². The molecule has 1 aromatic carbocycles. The first kappa shape index (κ1) is 13.5. The Kier molecular flexibility index (Phi) is 5.78. The smallest absolute Gasteiger partial charge is 0.142 e. The molecule has 0 bridgehead atoms. The lowest BCUT2D eigenvalue weighted by atomic mass is 10.0. The summed E-state index contributed by atoms with van der Waals surface area (Å²) in [5.74, 6) is -0.320. The van der Waals surface area contributed by atoms with Gasteiger partial charge in [0.05, 0.1) is 5.02 Å². The van der Waals surface area contributed by atoms with Crippen molar-refractivity contribution >= 4 is 11.6 Å². The Morgan fingerprint density at radius 1 is 1.44 bits per heavy atom. The van der Waals surface area contributed by atoms with E-state index in [0.717, 1.165) is 31.2 Å². The Morgan fingerprint density at radius 3 is 2.81 bits per heavy atom. The standard InChI is InChI=1S/C13H19ClFN/c1-3-11(16-2)8-4-6-10-7-5-9-12(15)13(10)14/h5,7,9,11,16H,3-4,6,8H2,1-2H3. The highest BCUT2D eigenvalue weighted by Gasteiger charge is 2.07. The van der Waals surface area contributed by atoms with Gasteiger partial charge in [-0.05, 0) is 44.4 Å². The molecular weight excluding hydrogens is 225 g/mol. The maximum atomic E-state index is 13.2. The van der Waals surface area contributed by atoms with Gasteiger partial charge in [0.1, 0.15) is 5.82 Å². The SMILES string of the molecule is CCC(CCCc1cccc(F)c1Cl)NC. The van der Waals surface area contributed by atoms with Crippen molar-refractivity contribution in [3.05, 3.63) is 34.6 Å². The fourth-order valence-corrected chi connectivity index (χ4v) is 2.05. The van der Waals surface area contributed by atoms with Crippen LogP contribution in [0.15, 0.2) is 18.2 Å². The largest absolute Gasteiger partial charge is 0.317 e. The fraction of sp³-hybridized carbons (Fsp3) is 0.538. The summed E-state index contributed by atoms with van der Waals surface area (Å²) in [4.78, 5) is 0. The van der Waals surface area contributed by atoms with Gasteiger partial charge in [-0.15, -0.1) is 0 Å². The van der Waals surface area contributed by atoms with Crippen molar-refractivity contribution in [3.8, 4) is 0 Å². The molecule has 1 rings (SSSR count). The quantitative estimate of drug-likeness (QED) is 0.802. The number of halogens is 2. The third-order valence-electron chi connectivity index (χ3n) is 2.93. The van der Waals surface area contributed by atoms with E-state index in [9.17, 15) is 4.39 Å². The molecule has 0 amide bonds. The van der Waals surface area contributed by atoms with E-state index in [1.807, 2.05) is 13.1 Å². The zero-order valence-corrected chi connectivity index (χ0v) is 10.6. The molecule has 0 aliphatic carbocycles. The summed E-state index contributed by atoms with van der Waals surface area (Å²) >= 11 is 5.89. The average molecular weight is 244 g/mol. The molecule has 16 heavy (non-hydrogen) atoms. The van der Waals surface area contributed by atoms with Gasteiger partial charge in [-0.25, -0.2) is 4.39 Å². The minimum atomic E-state index is -0.320. The minimum Gasteiger partial charge on any atom is -0.317 e. The maximum absolute atomic E-state index is 13.2. The van der Waals surface area contributed by atoms with Crippen molar-refractivity contribution in [1.82, 2.24) is 5.32 Å². The molecule has 1 N–H and O–H groups in total. The zero-order valence-electron chi connectivity index (χ0n) is 9.89. The van der Waals surface area contributed by atoms with Crippen LogP contribution >= 0.6 is 11.6 Å². The summed E-state index contributed by atoms with van der Waals surface area (Å²) < 4.78 is 13.2. The van der Waals surface area contributed by atoms with Crippen molar-refractivity contribution in [3.63, 3.8) is 0 Å². The second-order valence-electron chi connectivity index (χ2n) is 4.00. The van der Waals surface area contributed by atoms with E-state index in [0.29, 0.717) is 6.04 Å². The van der Waals surface area contributed by atoms with Gasteiger partial charge in [-0.2, -0.15) is 0 Å². The van der Waals surface area contributed by atoms with Crippen LogP contribution in [0.25, 0.3) is 0 Å². The molecule has 90 valence electrons. The topological polar surface area (TPSA) is 12.0 Å². The monoisotopic (exact) mass is 243 g/mol. The lowest BCUT2D eigenvalue weighted by Gasteiger charge is -2.13. The molecule has 3 heteroatoms. The molecule has 0 saturated carbocycles. The molecular formula is C13H19ClFN. The van der Waals surface area contributed by atoms with E-state index in [1.54, 1.807) is 6.07 Å². The summed E-state index contributed by atoms with van der Waals surface area (Å²) in [5, 5.41) is 3.53. The molecule has 0 aliphatic heterocycles. The second-order valence-corrected chi connectivity index (χ2v) is 4.38. The highest BCUT2D eigenvalue weighted by atomic mass is 35.5. The first-order chi connectivity index (χ1) is 7.69. The van der Waals surface area contributed by atoms with Crippen LogP contribution in [0.2, 0.25) is 5.02 Å². The average Bonchev–Trinajstić information content (AvgIpc) is 2.30. The van der Waals surface area contributed by atoms with Gasteiger partial charge in [0.25, 0.3) is 0 Å². The summed E-state index contributed by atoms with van der Waals surface area (Å²) in [6.07, 6.45) is 4.09. The third-order valence-corrected chi connectivity index (χ3v) is 3.35. The number of rotatable bonds is 6. The number of aryl methyl sites for hydroxylation is 1. The van der Waals surface area contributed by atoms with Gasteiger partial charge in [0, 0.05) is 6.04 Å². The van der Waals surface area contributed by atoms with Gasteiger partial charge in [0.15, 0.2) is 0 Å². The summed E-state index contributed by atoms with van der Waals surface area (Å²) in [5.41, 5.74) is 0.910. The molecule has 0 heterocycles. The zero-order chi connectivity index (χ0) is 12.0. The number of hydrogen-bond donors (Lipinski definition) is 1. The van der Waals surface area contributed by atoms with Crippen LogP contribution in [0, 0.1) is 5.82 Å². The van der Waals surface area contributed by atoms with Gasteiger partial charge < -0.3 is 5.32 Å². The lowest BCUT2D eigenvalue weighted by molar-refractivity contribution is 0.491. The van der Waals surface area contributed by atoms with Gasteiger partial charge in [-0.3, -0.25) is 0 Å². The van der Waals surface area contributed by atoms with E-state index in [4.69, 9.17) is 11.6 Å². The summed E-state index contributed by atoms with van der Waals surface area (Å²) in [6, 6.07) is 5.55. The molecule has 1 atom stereocenters. The van der Waals surface area contributed by atoms with E-state index >= 15 is 0 Å². The normalized spacial score (nSPS) is 12.8. The van der Waals surface area contributed by atoms with Crippen molar-refractivity contribution in [2.45, 2.75) is 38.6 Å². The molecule has 0 fully saturated rings. The van der Waals surface area contributed by atoms with Crippen LogP contribution in [-0.2, 0) is 6.42 Å². The Morgan fingerprint density at radius 2 is 2.19 bits per heavy atom. The lowest BCUT2D eigenvalue weighted by Crippen LogP contribution is -2.23. The first-order valence-corrected chi connectivity index (χ1v) is 6.17. The highest BCUT2D eigenvalue weighted by Crippen LogP contribution is 2.21.